The second-order valence-corrected chi connectivity index (χ2v) is 4.92. The summed E-state index contributed by atoms with van der Waals surface area (Å²) in [5, 5.41) is 9.33. The van der Waals surface area contributed by atoms with Crippen LogP contribution < -0.4 is 0 Å². The molecule has 1 aliphatic carbocycles. The molecule has 0 aromatic heterocycles. The number of aliphatic carboxylic acids is 1. The Morgan fingerprint density at radius 1 is 1.45 bits per heavy atom. The molecule has 3 atom stereocenters. The number of allylic oxidation sites excluding steroid dienone is 3. The number of fused-ring (bicyclic) bond motifs is 1. The number of carboxylic acid groups (broad SMARTS) is 1. The van der Waals surface area contributed by atoms with Crippen molar-refractivity contribution >= 4 is 23.6 Å². The molecular weight excluding hydrogens is 260 g/mol. The Hall–Kier alpha value is -2.24. The number of hydrogen-bond donors (Lipinski definition) is 1. The van der Waals surface area contributed by atoms with Gasteiger partial charge >= 0.3 is 12.0 Å². The molecule has 1 aliphatic heterocycles. The number of carboxylic acids is 1. The van der Waals surface area contributed by atoms with Crippen molar-refractivity contribution in [3.05, 3.63) is 24.3 Å². The fourth-order valence-corrected chi connectivity index (χ4v) is 2.34. The molecule has 0 spiro atoms. The number of imide groups is 1. The molecule has 6 heteroatoms. The number of carbonyl (C=O) groups is 3. The van der Waals surface area contributed by atoms with E-state index in [-0.39, 0.29) is 5.92 Å². The summed E-state index contributed by atoms with van der Waals surface area (Å²) in [5.41, 5.74) is 0.368. The molecule has 3 unspecified atom stereocenters. The van der Waals surface area contributed by atoms with E-state index in [0.29, 0.717) is 12.1 Å². The first kappa shape index (κ1) is 14.2. The summed E-state index contributed by atoms with van der Waals surface area (Å²) in [5.74, 6) is -2.70. The van der Waals surface area contributed by atoms with E-state index >= 15 is 0 Å². The molecule has 6 nitrogen and oxygen atoms in total. The van der Waals surface area contributed by atoms with Crippen LogP contribution in [0.3, 0.4) is 0 Å². The quantitative estimate of drug-likeness (QED) is 0.845. The first-order valence-electron chi connectivity index (χ1n) is 6.50. The van der Waals surface area contributed by atoms with Crippen molar-refractivity contribution in [2.75, 3.05) is 0 Å². The number of hydrogen-bond acceptors (Lipinski definition) is 3. The fourth-order valence-electron chi connectivity index (χ4n) is 2.34. The maximum atomic E-state index is 12.4. The van der Waals surface area contributed by atoms with Crippen LogP contribution in [0.5, 0.6) is 0 Å². The molecule has 0 radical (unpaired) electrons. The average Bonchev–Trinajstić information content (AvgIpc) is 2.42. The maximum Gasteiger partial charge on any atom is 0.351 e. The van der Waals surface area contributed by atoms with Gasteiger partial charge in [-0.15, -0.1) is 0 Å². The highest BCUT2D eigenvalue weighted by Crippen LogP contribution is 2.25. The fraction of sp³-hybridized carbons (Fsp3) is 0.429. The summed E-state index contributed by atoms with van der Waals surface area (Å²) in [6.07, 6.45) is 7.14. The zero-order chi connectivity index (χ0) is 14.9. The summed E-state index contributed by atoms with van der Waals surface area (Å²) in [4.78, 5) is 40.5. The van der Waals surface area contributed by atoms with Crippen LogP contribution >= 0.6 is 0 Å². The molecule has 1 heterocycles. The molecule has 20 heavy (non-hydrogen) atoms. The molecular formula is C14H16N2O4. The minimum absolute atomic E-state index is 0.333. The predicted molar refractivity (Wildman–Crippen MR) is 72.3 cm³/mol. The topological polar surface area (TPSA) is 87.0 Å². The van der Waals surface area contributed by atoms with Gasteiger partial charge in [-0.3, -0.25) is 4.79 Å². The second-order valence-electron chi connectivity index (χ2n) is 4.92. The van der Waals surface area contributed by atoms with Crippen molar-refractivity contribution < 1.29 is 19.5 Å². The largest absolute Gasteiger partial charge is 0.480 e. The summed E-state index contributed by atoms with van der Waals surface area (Å²) >= 11 is 0. The molecule has 0 aromatic carbocycles. The van der Waals surface area contributed by atoms with Gasteiger partial charge in [-0.25, -0.2) is 14.5 Å². The first-order valence-corrected chi connectivity index (χ1v) is 6.50. The molecule has 106 valence electrons. The van der Waals surface area contributed by atoms with Crippen LogP contribution in [0.15, 0.2) is 29.3 Å². The molecule has 0 saturated heterocycles. The molecule has 2 rings (SSSR count). The number of amides is 3. The van der Waals surface area contributed by atoms with E-state index in [4.69, 9.17) is 0 Å². The van der Waals surface area contributed by atoms with Gasteiger partial charge in [-0.05, 0) is 12.0 Å². The maximum absolute atomic E-state index is 12.4. The van der Waals surface area contributed by atoms with Crippen molar-refractivity contribution in [1.29, 1.82) is 0 Å². The normalized spacial score (nSPS) is 24.2. The van der Waals surface area contributed by atoms with E-state index in [0.717, 1.165) is 4.90 Å². The summed E-state index contributed by atoms with van der Waals surface area (Å²) in [7, 11) is 0. The van der Waals surface area contributed by atoms with Gasteiger partial charge in [0.05, 0.1) is 11.6 Å². The van der Waals surface area contributed by atoms with E-state index in [1.54, 1.807) is 31.2 Å². The van der Waals surface area contributed by atoms with Crippen LogP contribution in [0, 0.1) is 11.8 Å². The average molecular weight is 276 g/mol. The lowest BCUT2D eigenvalue weighted by Crippen LogP contribution is -2.55. The Morgan fingerprint density at radius 3 is 2.75 bits per heavy atom. The highest BCUT2D eigenvalue weighted by molar-refractivity contribution is 6.22. The zero-order valence-corrected chi connectivity index (χ0v) is 11.3. The Kier molecular flexibility index (Phi) is 3.83. The predicted octanol–water partition coefficient (Wildman–Crippen LogP) is 1.63. The molecule has 0 fully saturated rings. The van der Waals surface area contributed by atoms with Gasteiger partial charge in [0.2, 0.25) is 5.91 Å². The molecule has 3 amide bonds. The summed E-state index contributed by atoms with van der Waals surface area (Å²) < 4.78 is 0. The van der Waals surface area contributed by atoms with Crippen molar-refractivity contribution in [3.8, 4) is 0 Å². The highest BCUT2D eigenvalue weighted by Gasteiger charge is 2.44. The van der Waals surface area contributed by atoms with Gasteiger partial charge in [-0.2, -0.15) is 4.99 Å². The van der Waals surface area contributed by atoms with Gasteiger partial charge < -0.3 is 5.11 Å². The van der Waals surface area contributed by atoms with Crippen LogP contribution in [-0.2, 0) is 9.59 Å². The summed E-state index contributed by atoms with van der Waals surface area (Å²) in [6, 6.07) is -1.97. The highest BCUT2D eigenvalue weighted by atomic mass is 16.4. The SMILES string of the molecule is CCC(C)C(C(=O)O)N1C(=O)N=C2C=CC=CC2C1=O. The second kappa shape index (κ2) is 5.40. The van der Waals surface area contributed by atoms with E-state index < -0.39 is 29.9 Å². The number of carbonyl (C=O) groups excluding carboxylic acids is 2. The molecule has 0 bridgehead atoms. The van der Waals surface area contributed by atoms with Crippen molar-refractivity contribution in [2.24, 2.45) is 16.8 Å². The molecule has 0 saturated carbocycles. The van der Waals surface area contributed by atoms with Crippen molar-refractivity contribution in [3.63, 3.8) is 0 Å². The minimum Gasteiger partial charge on any atom is -0.480 e. The van der Waals surface area contributed by atoms with Gasteiger partial charge in [-0.1, -0.05) is 38.5 Å². The minimum atomic E-state index is -1.19. The Bertz CT molecular complexity index is 547. The lowest BCUT2D eigenvalue weighted by Gasteiger charge is -2.34. The monoisotopic (exact) mass is 276 g/mol. The third-order valence-corrected chi connectivity index (χ3v) is 3.65. The van der Waals surface area contributed by atoms with Gasteiger partial charge in [0, 0.05) is 0 Å². The van der Waals surface area contributed by atoms with Gasteiger partial charge in [0.25, 0.3) is 0 Å². The summed E-state index contributed by atoms with van der Waals surface area (Å²) in [6.45, 7) is 3.52. The van der Waals surface area contributed by atoms with Crippen molar-refractivity contribution in [2.45, 2.75) is 26.3 Å². The lowest BCUT2D eigenvalue weighted by molar-refractivity contribution is -0.150. The van der Waals surface area contributed by atoms with Gasteiger partial charge in [0.1, 0.15) is 6.04 Å². The molecule has 2 aliphatic rings. The number of nitrogens with zero attached hydrogens (tertiary/aromatic N) is 2. The Morgan fingerprint density at radius 2 is 2.15 bits per heavy atom. The molecule has 1 N–H and O–H groups in total. The zero-order valence-electron chi connectivity index (χ0n) is 11.3. The van der Waals surface area contributed by atoms with Gasteiger partial charge in [0.15, 0.2) is 0 Å². The van der Waals surface area contributed by atoms with E-state index in [2.05, 4.69) is 4.99 Å². The Balaban J connectivity index is 2.41. The first-order chi connectivity index (χ1) is 9.47. The number of urea groups is 1. The van der Waals surface area contributed by atoms with E-state index in [1.165, 1.54) is 0 Å². The Labute approximate surface area is 116 Å². The third-order valence-electron chi connectivity index (χ3n) is 3.65. The van der Waals surface area contributed by atoms with Crippen LogP contribution in [0.4, 0.5) is 4.79 Å². The van der Waals surface area contributed by atoms with Crippen LogP contribution in [0.25, 0.3) is 0 Å². The smallest absolute Gasteiger partial charge is 0.351 e. The molecule has 0 aromatic rings. The lowest BCUT2D eigenvalue weighted by atomic mass is 9.91. The number of rotatable bonds is 4. The van der Waals surface area contributed by atoms with Crippen LogP contribution in [0.2, 0.25) is 0 Å². The van der Waals surface area contributed by atoms with E-state index in [9.17, 15) is 19.5 Å². The number of aliphatic imine (C=N–C) groups is 1. The van der Waals surface area contributed by atoms with Crippen LogP contribution in [0.1, 0.15) is 20.3 Å². The standard InChI is InChI=1S/C14H16N2O4/c1-3-8(2)11(13(18)19)16-12(17)9-6-4-5-7-10(9)15-14(16)20/h4-9,11H,3H2,1-2H3,(H,18,19). The van der Waals surface area contributed by atoms with Crippen molar-refractivity contribution in [1.82, 2.24) is 4.90 Å². The third kappa shape index (κ3) is 2.29. The van der Waals surface area contributed by atoms with E-state index in [1.807, 2.05) is 6.92 Å². The van der Waals surface area contributed by atoms with Crippen LogP contribution in [-0.4, -0.2) is 39.7 Å².